The van der Waals surface area contributed by atoms with Gasteiger partial charge >= 0.3 is 0 Å². The number of nitrogen functional groups attached to an aromatic ring is 1. The highest BCUT2D eigenvalue weighted by Crippen LogP contribution is 2.37. The molecule has 0 saturated heterocycles. The van der Waals surface area contributed by atoms with E-state index in [0.717, 1.165) is 19.3 Å². The maximum Gasteiger partial charge on any atom is 0.265 e. The van der Waals surface area contributed by atoms with Gasteiger partial charge in [0.25, 0.3) is 5.91 Å². The summed E-state index contributed by atoms with van der Waals surface area (Å²) in [4.78, 5) is 17.1. The zero-order chi connectivity index (χ0) is 14.9. The van der Waals surface area contributed by atoms with Crippen molar-refractivity contribution in [3.8, 4) is 0 Å². The predicted octanol–water partition coefficient (Wildman–Crippen LogP) is 2.85. The van der Waals surface area contributed by atoms with E-state index >= 15 is 0 Å². The Hall–Kier alpha value is -1.30. The molecule has 0 aliphatic heterocycles. The summed E-state index contributed by atoms with van der Waals surface area (Å²) in [6.45, 7) is 8.45. The van der Waals surface area contributed by atoms with Crippen LogP contribution < -0.4 is 16.4 Å². The van der Waals surface area contributed by atoms with E-state index in [1.165, 1.54) is 11.3 Å². The van der Waals surface area contributed by atoms with Crippen molar-refractivity contribution in [3.63, 3.8) is 0 Å². The van der Waals surface area contributed by atoms with Gasteiger partial charge in [-0.2, -0.15) is 0 Å². The van der Waals surface area contributed by atoms with Crippen LogP contribution in [0.3, 0.4) is 0 Å². The summed E-state index contributed by atoms with van der Waals surface area (Å²) in [5, 5.41) is 7.00. The molecule has 1 fully saturated rings. The number of thiazole rings is 1. The summed E-state index contributed by atoms with van der Waals surface area (Å²) in [6, 6.07) is 0.489. The van der Waals surface area contributed by atoms with Gasteiger partial charge in [0, 0.05) is 12.1 Å². The lowest BCUT2D eigenvalue weighted by molar-refractivity contribution is 0.0915. The minimum atomic E-state index is -0.100. The van der Waals surface area contributed by atoms with Gasteiger partial charge in [-0.25, -0.2) is 4.98 Å². The molecule has 1 aromatic rings. The standard InChI is InChI=1S/C14H24N4OS/c1-8(2)16-13-18-11(15)10(20-13)12(19)17-9-6-5-7-14(9,3)4/h8-9H,5-7,15H2,1-4H3,(H,16,18)(H,17,19). The van der Waals surface area contributed by atoms with Crippen LogP contribution in [0.5, 0.6) is 0 Å². The van der Waals surface area contributed by atoms with Crippen LogP contribution in [0.4, 0.5) is 10.9 Å². The van der Waals surface area contributed by atoms with E-state index in [9.17, 15) is 4.79 Å². The first kappa shape index (κ1) is 15.1. The Morgan fingerprint density at radius 3 is 2.75 bits per heavy atom. The number of nitrogens with two attached hydrogens (primary N) is 1. The van der Waals surface area contributed by atoms with Crippen LogP contribution in [-0.4, -0.2) is 23.0 Å². The summed E-state index contributed by atoms with van der Waals surface area (Å²) in [6.07, 6.45) is 3.35. The second-order valence-corrected chi connectivity index (χ2v) is 7.44. The summed E-state index contributed by atoms with van der Waals surface area (Å²) in [5.74, 6) is 0.211. The second-order valence-electron chi connectivity index (χ2n) is 6.44. The van der Waals surface area contributed by atoms with Gasteiger partial charge in [0.05, 0.1) is 0 Å². The van der Waals surface area contributed by atoms with Gasteiger partial charge in [-0.05, 0) is 32.1 Å². The van der Waals surface area contributed by atoms with Crippen LogP contribution >= 0.6 is 11.3 Å². The summed E-state index contributed by atoms with van der Waals surface area (Å²) >= 11 is 1.32. The number of anilines is 2. The molecule has 0 spiro atoms. The van der Waals surface area contributed by atoms with E-state index < -0.39 is 0 Å². The first-order chi connectivity index (χ1) is 9.29. The zero-order valence-electron chi connectivity index (χ0n) is 12.6. The molecule has 2 rings (SSSR count). The molecule has 1 atom stereocenters. The molecular weight excluding hydrogens is 272 g/mol. The monoisotopic (exact) mass is 296 g/mol. The van der Waals surface area contributed by atoms with Crippen molar-refractivity contribution in [2.75, 3.05) is 11.1 Å². The van der Waals surface area contributed by atoms with Crippen molar-refractivity contribution < 1.29 is 4.79 Å². The number of nitrogens with one attached hydrogen (secondary N) is 2. The highest BCUT2D eigenvalue weighted by molar-refractivity contribution is 7.18. The molecule has 0 bridgehead atoms. The molecule has 1 saturated carbocycles. The van der Waals surface area contributed by atoms with E-state index in [0.29, 0.717) is 15.8 Å². The van der Waals surface area contributed by atoms with Crippen LogP contribution in [0, 0.1) is 5.41 Å². The Morgan fingerprint density at radius 1 is 1.50 bits per heavy atom. The Bertz CT molecular complexity index is 495. The Labute approximate surface area is 124 Å². The second kappa shape index (κ2) is 5.60. The largest absolute Gasteiger partial charge is 0.382 e. The van der Waals surface area contributed by atoms with Gasteiger partial charge < -0.3 is 16.4 Å². The van der Waals surface area contributed by atoms with Gasteiger partial charge in [0.15, 0.2) is 5.13 Å². The van der Waals surface area contributed by atoms with E-state index in [2.05, 4.69) is 29.5 Å². The summed E-state index contributed by atoms with van der Waals surface area (Å²) < 4.78 is 0. The summed E-state index contributed by atoms with van der Waals surface area (Å²) in [5.41, 5.74) is 6.02. The van der Waals surface area contributed by atoms with Crippen LogP contribution in [-0.2, 0) is 0 Å². The van der Waals surface area contributed by atoms with Crippen molar-refractivity contribution in [1.29, 1.82) is 0 Å². The first-order valence-electron chi connectivity index (χ1n) is 7.13. The topological polar surface area (TPSA) is 80.0 Å². The quantitative estimate of drug-likeness (QED) is 0.798. The first-order valence-corrected chi connectivity index (χ1v) is 7.95. The number of amides is 1. The molecule has 1 aliphatic carbocycles. The maximum absolute atomic E-state index is 12.4. The molecule has 1 aromatic heterocycles. The molecule has 4 N–H and O–H groups in total. The molecule has 1 unspecified atom stereocenters. The Morgan fingerprint density at radius 2 is 2.20 bits per heavy atom. The molecule has 1 amide bonds. The molecule has 112 valence electrons. The van der Waals surface area contributed by atoms with E-state index in [4.69, 9.17) is 5.73 Å². The van der Waals surface area contributed by atoms with E-state index in [-0.39, 0.29) is 23.4 Å². The predicted molar refractivity (Wildman–Crippen MR) is 84.2 cm³/mol. The lowest BCUT2D eigenvalue weighted by Gasteiger charge is -2.27. The Balaban J connectivity index is 2.07. The van der Waals surface area contributed by atoms with Crippen molar-refractivity contribution in [1.82, 2.24) is 10.3 Å². The third kappa shape index (κ3) is 3.23. The number of aromatic nitrogens is 1. The minimum absolute atomic E-state index is 0.100. The van der Waals surface area contributed by atoms with E-state index in [1.807, 2.05) is 13.8 Å². The fourth-order valence-corrected chi connectivity index (χ4v) is 3.56. The number of rotatable bonds is 4. The Kier molecular flexibility index (Phi) is 4.22. The van der Waals surface area contributed by atoms with Crippen LogP contribution in [0.25, 0.3) is 0 Å². The van der Waals surface area contributed by atoms with Gasteiger partial charge in [-0.3, -0.25) is 4.79 Å². The smallest absolute Gasteiger partial charge is 0.265 e. The number of hydrogen-bond acceptors (Lipinski definition) is 5. The van der Waals surface area contributed by atoms with Gasteiger partial charge in [0.1, 0.15) is 10.7 Å². The lowest BCUT2D eigenvalue weighted by Crippen LogP contribution is -2.41. The molecular formula is C14H24N4OS. The molecule has 1 heterocycles. The average Bonchev–Trinajstić information content (AvgIpc) is 2.82. The minimum Gasteiger partial charge on any atom is -0.382 e. The molecule has 20 heavy (non-hydrogen) atoms. The third-order valence-electron chi connectivity index (χ3n) is 3.83. The van der Waals surface area contributed by atoms with Gasteiger partial charge in [-0.1, -0.05) is 31.6 Å². The molecule has 5 nitrogen and oxygen atoms in total. The van der Waals surface area contributed by atoms with Crippen LogP contribution in [0.15, 0.2) is 0 Å². The fraction of sp³-hybridized carbons (Fsp3) is 0.714. The van der Waals surface area contributed by atoms with Crippen LogP contribution in [0.1, 0.15) is 56.6 Å². The number of nitrogens with zero attached hydrogens (tertiary/aromatic N) is 1. The van der Waals surface area contributed by atoms with Crippen molar-refractivity contribution >= 4 is 28.2 Å². The van der Waals surface area contributed by atoms with E-state index in [1.54, 1.807) is 0 Å². The third-order valence-corrected chi connectivity index (χ3v) is 4.84. The summed E-state index contributed by atoms with van der Waals surface area (Å²) in [7, 11) is 0. The number of carbonyl (C=O) groups is 1. The lowest BCUT2D eigenvalue weighted by atomic mass is 9.87. The normalized spacial score (nSPS) is 21.1. The van der Waals surface area contributed by atoms with Gasteiger partial charge in [-0.15, -0.1) is 0 Å². The highest BCUT2D eigenvalue weighted by atomic mass is 32.1. The van der Waals surface area contributed by atoms with Crippen molar-refractivity contribution in [2.45, 2.75) is 59.0 Å². The fourth-order valence-electron chi connectivity index (χ4n) is 2.62. The van der Waals surface area contributed by atoms with Crippen molar-refractivity contribution in [2.24, 2.45) is 5.41 Å². The SMILES string of the molecule is CC(C)Nc1nc(N)c(C(=O)NC2CCCC2(C)C)s1. The molecule has 0 radical (unpaired) electrons. The number of carbonyl (C=O) groups excluding carboxylic acids is 1. The molecule has 1 aliphatic rings. The molecule has 6 heteroatoms. The zero-order valence-corrected chi connectivity index (χ0v) is 13.4. The maximum atomic E-state index is 12.4. The van der Waals surface area contributed by atoms with Crippen molar-refractivity contribution in [3.05, 3.63) is 4.88 Å². The highest BCUT2D eigenvalue weighted by Gasteiger charge is 2.36. The molecule has 0 aromatic carbocycles. The van der Waals surface area contributed by atoms with Gasteiger partial charge in [0.2, 0.25) is 0 Å². The van der Waals surface area contributed by atoms with Crippen LogP contribution in [0.2, 0.25) is 0 Å². The average molecular weight is 296 g/mol. The number of hydrogen-bond donors (Lipinski definition) is 3.